The normalized spacial score (nSPS) is 22.1. The Balaban J connectivity index is 2.97. The Morgan fingerprint density at radius 3 is 2.64 bits per heavy atom. The second kappa shape index (κ2) is 3.88. The number of ether oxygens (including phenoxy) is 1. The van der Waals surface area contributed by atoms with E-state index in [1.165, 1.54) is 5.57 Å². The Kier molecular flexibility index (Phi) is 3.00. The van der Waals surface area contributed by atoms with Gasteiger partial charge in [0.2, 0.25) is 0 Å². The smallest absolute Gasteiger partial charge is 0.100 e. The first-order chi connectivity index (χ1) is 6.51. The van der Waals surface area contributed by atoms with E-state index in [4.69, 9.17) is 10.00 Å². The Morgan fingerprint density at radius 2 is 2.14 bits per heavy atom. The lowest BCUT2D eigenvalue weighted by Crippen LogP contribution is -2.26. The number of nitrogens with zero attached hydrogens (tertiary/aromatic N) is 1. The van der Waals surface area contributed by atoms with Crippen molar-refractivity contribution in [2.45, 2.75) is 27.2 Å². The van der Waals surface area contributed by atoms with Crippen molar-refractivity contribution < 1.29 is 4.74 Å². The Morgan fingerprint density at radius 1 is 1.50 bits per heavy atom. The van der Waals surface area contributed by atoms with Gasteiger partial charge >= 0.3 is 0 Å². The predicted molar refractivity (Wildman–Crippen MR) is 56.4 cm³/mol. The Labute approximate surface area is 85.9 Å². The van der Waals surface area contributed by atoms with E-state index in [0.29, 0.717) is 0 Å². The molecule has 1 aliphatic carbocycles. The third kappa shape index (κ3) is 1.98. The summed E-state index contributed by atoms with van der Waals surface area (Å²) >= 11 is 0. The molecular weight excluding hydrogens is 174 g/mol. The van der Waals surface area contributed by atoms with Crippen LogP contribution in [0.1, 0.15) is 27.2 Å². The van der Waals surface area contributed by atoms with Crippen LogP contribution in [0.4, 0.5) is 0 Å². The van der Waals surface area contributed by atoms with E-state index in [0.717, 1.165) is 12.2 Å². The van der Waals surface area contributed by atoms with Crippen LogP contribution in [0.15, 0.2) is 23.5 Å². The van der Waals surface area contributed by atoms with Gasteiger partial charge in [-0.3, -0.25) is 0 Å². The molecule has 14 heavy (non-hydrogen) atoms. The molecule has 0 bridgehead atoms. The molecule has 0 aromatic heterocycles. The fraction of sp³-hybridized carbons (Fsp3) is 0.583. The quantitative estimate of drug-likeness (QED) is 0.672. The first-order valence-corrected chi connectivity index (χ1v) is 4.84. The molecule has 2 heteroatoms. The molecule has 0 radical (unpaired) electrons. The molecule has 0 amide bonds. The monoisotopic (exact) mass is 191 g/mol. The molecule has 0 heterocycles. The van der Waals surface area contributed by atoms with Gasteiger partial charge in [-0.25, -0.2) is 0 Å². The maximum absolute atomic E-state index is 9.09. The van der Waals surface area contributed by atoms with Crippen LogP contribution in [0.3, 0.4) is 0 Å². The number of hydrogen-bond donors (Lipinski definition) is 0. The number of methoxy groups -OCH3 is 1. The number of allylic oxidation sites excluding steroid dienone is 4. The van der Waals surface area contributed by atoms with Crippen LogP contribution in [0.25, 0.3) is 0 Å². The molecule has 0 aliphatic heterocycles. The van der Waals surface area contributed by atoms with Crippen molar-refractivity contribution in [3.8, 4) is 6.07 Å². The first-order valence-electron chi connectivity index (χ1n) is 4.84. The van der Waals surface area contributed by atoms with Crippen LogP contribution < -0.4 is 0 Å². The molecule has 1 aliphatic rings. The zero-order valence-corrected chi connectivity index (χ0v) is 9.29. The summed E-state index contributed by atoms with van der Waals surface area (Å²) in [5.74, 6) is 1.10. The standard InChI is InChI=1S/C12H17NO/c1-9-5-6-11(14-4)10(7-9)12(2,3)8-13/h5-6,10H,7H2,1-4H3. The van der Waals surface area contributed by atoms with Crippen molar-refractivity contribution in [2.75, 3.05) is 7.11 Å². The highest BCUT2D eigenvalue weighted by Crippen LogP contribution is 2.39. The second-order valence-electron chi connectivity index (χ2n) is 4.38. The van der Waals surface area contributed by atoms with E-state index in [-0.39, 0.29) is 11.3 Å². The SMILES string of the molecule is COC1=CC=C(C)CC1C(C)(C)C#N. The highest BCUT2D eigenvalue weighted by Gasteiger charge is 2.34. The van der Waals surface area contributed by atoms with Crippen molar-refractivity contribution in [2.24, 2.45) is 11.3 Å². The molecule has 0 aromatic carbocycles. The van der Waals surface area contributed by atoms with Gasteiger partial charge in [-0.1, -0.05) is 11.6 Å². The Hall–Kier alpha value is -1.23. The lowest BCUT2D eigenvalue weighted by atomic mass is 9.74. The molecule has 1 rings (SSSR count). The first kappa shape index (κ1) is 10.8. The zero-order chi connectivity index (χ0) is 10.8. The highest BCUT2D eigenvalue weighted by molar-refractivity contribution is 5.25. The minimum atomic E-state index is -0.364. The third-order valence-corrected chi connectivity index (χ3v) is 2.80. The average molecular weight is 191 g/mol. The topological polar surface area (TPSA) is 33.0 Å². The molecule has 0 spiro atoms. The minimum absolute atomic E-state index is 0.183. The number of nitriles is 1. The van der Waals surface area contributed by atoms with E-state index >= 15 is 0 Å². The maximum atomic E-state index is 9.09. The van der Waals surface area contributed by atoms with Gasteiger partial charge in [0.05, 0.1) is 18.6 Å². The minimum Gasteiger partial charge on any atom is -0.501 e. The molecular formula is C12H17NO. The molecule has 0 saturated heterocycles. The van der Waals surface area contributed by atoms with E-state index in [2.05, 4.69) is 19.1 Å². The summed E-state index contributed by atoms with van der Waals surface area (Å²) < 4.78 is 5.31. The van der Waals surface area contributed by atoms with Crippen LogP contribution in [-0.4, -0.2) is 7.11 Å². The fourth-order valence-corrected chi connectivity index (χ4v) is 1.73. The fourth-order valence-electron chi connectivity index (χ4n) is 1.73. The summed E-state index contributed by atoms with van der Waals surface area (Å²) in [5, 5.41) is 9.09. The van der Waals surface area contributed by atoms with Crippen molar-refractivity contribution >= 4 is 0 Å². The summed E-state index contributed by atoms with van der Waals surface area (Å²) in [4.78, 5) is 0. The van der Waals surface area contributed by atoms with Crippen molar-refractivity contribution in [3.63, 3.8) is 0 Å². The average Bonchev–Trinajstić information content (AvgIpc) is 2.18. The molecule has 0 fully saturated rings. The summed E-state index contributed by atoms with van der Waals surface area (Å²) in [6.07, 6.45) is 4.95. The third-order valence-electron chi connectivity index (χ3n) is 2.80. The zero-order valence-electron chi connectivity index (χ0n) is 9.29. The molecule has 0 saturated carbocycles. The van der Waals surface area contributed by atoms with Gasteiger partial charge in [0.1, 0.15) is 5.76 Å². The lowest BCUT2D eigenvalue weighted by Gasteiger charge is -2.31. The lowest BCUT2D eigenvalue weighted by molar-refractivity contribution is 0.183. The number of rotatable bonds is 2. The Bertz CT molecular complexity index is 318. The molecule has 76 valence electrons. The van der Waals surface area contributed by atoms with Crippen LogP contribution in [0.2, 0.25) is 0 Å². The van der Waals surface area contributed by atoms with E-state index in [1.807, 2.05) is 19.9 Å². The molecule has 1 atom stereocenters. The van der Waals surface area contributed by atoms with Gasteiger partial charge in [-0.15, -0.1) is 0 Å². The van der Waals surface area contributed by atoms with Crippen LogP contribution in [-0.2, 0) is 4.74 Å². The van der Waals surface area contributed by atoms with Crippen LogP contribution >= 0.6 is 0 Å². The summed E-state index contributed by atoms with van der Waals surface area (Å²) in [5.41, 5.74) is 0.941. The maximum Gasteiger partial charge on any atom is 0.100 e. The van der Waals surface area contributed by atoms with Crippen molar-refractivity contribution in [1.29, 1.82) is 5.26 Å². The summed E-state index contributed by atoms with van der Waals surface area (Å²) in [6, 6.07) is 2.35. The molecule has 2 nitrogen and oxygen atoms in total. The van der Waals surface area contributed by atoms with Crippen molar-refractivity contribution in [1.82, 2.24) is 0 Å². The van der Waals surface area contributed by atoms with E-state index in [9.17, 15) is 0 Å². The van der Waals surface area contributed by atoms with Crippen LogP contribution in [0.5, 0.6) is 0 Å². The van der Waals surface area contributed by atoms with Gasteiger partial charge in [-0.05, 0) is 33.3 Å². The van der Waals surface area contributed by atoms with Gasteiger partial charge in [0.15, 0.2) is 0 Å². The number of hydrogen-bond acceptors (Lipinski definition) is 2. The van der Waals surface area contributed by atoms with E-state index < -0.39 is 0 Å². The van der Waals surface area contributed by atoms with E-state index in [1.54, 1.807) is 7.11 Å². The van der Waals surface area contributed by atoms with Crippen molar-refractivity contribution in [3.05, 3.63) is 23.5 Å². The summed E-state index contributed by atoms with van der Waals surface area (Å²) in [7, 11) is 1.67. The van der Waals surface area contributed by atoms with Crippen LogP contribution in [0, 0.1) is 22.7 Å². The summed E-state index contributed by atoms with van der Waals surface area (Å²) in [6.45, 7) is 6.01. The highest BCUT2D eigenvalue weighted by atomic mass is 16.5. The predicted octanol–water partition coefficient (Wildman–Crippen LogP) is 3.03. The molecule has 0 aromatic rings. The molecule has 1 unspecified atom stereocenters. The van der Waals surface area contributed by atoms with Gasteiger partial charge in [0, 0.05) is 5.92 Å². The second-order valence-corrected chi connectivity index (χ2v) is 4.38. The van der Waals surface area contributed by atoms with Gasteiger partial charge < -0.3 is 4.74 Å². The largest absolute Gasteiger partial charge is 0.501 e. The molecule has 0 N–H and O–H groups in total. The van der Waals surface area contributed by atoms with Gasteiger partial charge in [0.25, 0.3) is 0 Å². The van der Waals surface area contributed by atoms with Gasteiger partial charge in [-0.2, -0.15) is 5.26 Å².